The maximum atomic E-state index is 13.7. The van der Waals surface area contributed by atoms with Crippen molar-refractivity contribution in [3.63, 3.8) is 0 Å². The fraction of sp³-hybridized carbons (Fsp3) is 0.433. The third kappa shape index (κ3) is 6.57. The number of piperazine rings is 1. The fourth-order valence-corrected chi connectivity index (χ4v) is 7.76. The molecule has 5 rings (SSSR count). The standard InChI is InChI=1S/C30H33F4N3O4S2/c1-29(38,30(32,33)34)22-8-12-24(13-9-22)37-15-14-36(43(39,40)28-5-3-2-4-27(28)42)19-25(37)18-35-16-17-41-20-26(35)21-6-10-23(31)11-7-21/h2-3,5-13,25-26,38H,4,14-20H2,1H3/t25-,26-,29+/m0/s1. The van der Waals surface area contributed by atoms with E-state index in [1.807, 2.05) is 4.90 Å². The number of benzene rings is 2. The van der Waals surface area contributed by atoms with Gasteiger partial charge in [0.25, 0.3) is 0 Å². The van der Waals surface area contributed by atoms with Gasteiger partial charge in [0.15, 0.2) is 5.60 Å². The monoisotopic (exact) mass is 639 g/mol. The number of aliphatic hydroxyl groups is 1. The highest BCUT2D eigenvalue weighted by Crippen LogP contribution is 2.39. The Morgan fingerprint density at radius 2 is 1.74 bits per heavy atom. The number of allylic oxidation sites excluding steroid dienone is 4. The molecule has 3 atom stereocenters. The summed E-state index contributed by atoms with van der Waals surface area (Å²) in [5.41, 5.74) is -1.85. The maximum absolute atomic E-state index is 13.7. The molecular formula is C30H33F4N3O4S2. The normalized spacial score (nSPS) is 24.1. The van der Waals surface area contributed by atoms with Crippen LogP contribution in [0.3, 0.4) is 0 Å². The predicted octanol–water partition coefficient (Wildman–Crippen LogP) is 4.70. The average Bonchev–Trinajstić information content (AvgIpc) is 2.97. The van der Waals surface area contributed by atoms with E-state index in [9.17, 15) is 31.1 Å². The van der Waals surface area contributed by atoms with Gasteiger partial charge >= 0.3 is 6.18 Å². The van der Waals surface area contributed by atoms with E-state index in [2.05, 4.69) is 4.90 Å². The summed E-state index contributed by atoms with van der Waals surface area (Å²) < 4.78 is 88.6. The second kappa shape index (κ2) is 12.4. The number of ether oxygens (including phenoxy) is 1. The molecule has 0 aromatic heterocycles. The molecule has 2 aromatic rings. The van der Waals surface area contributed by atoms with Crippen molar-refractivity contribution < 1.29 is 35.8 Å². The van der Waals surface area contributed by atoms with Crippen molar-refractivity contribution in [3.05, 3.63) is 88.6 Å². The van der Waals surface area contributed by atoms with Crippen molar-refractivity contribution in [2.75, 3.05) is 50.8 Å². The zero-order valence-corrected chi connectivity index (χ0v) is 25.1. The summed E-state index contributed by atoms with van der Waals surface area (Å²) >= 11 is 5.37. The first kappa shape index (κ1) is 31.7. The number of halogens is 4. The molecule has 13 heteroatoms. The van der Waals surface area contributed by atoms with E-state index in [0.29, 0.717) is 50.2 Å². The molecule has 2 fully saturated rings. The molecule has 0 radical (unpaired) electrons. The van der Waals surface area contributed by atoms with E-state index in [0.717, 1.165) is 5.56 Å². The number of rotatable bonds is 7. The smallest absolute Gasteiger partial charge is 0.378 e. The molecule has 232 valence electrons. The van der Waals surface area contributed by atoms with E-state index in [1.165, 1.54) is 46.8 Å². The highest BCUT2D eigenvalue weighted by atomic mass is 32.2. The van der Waals surface area contributed by atoms with Gasteiger partial charge in [0.1, 0.15) is 5.82 Å². The Morgan fingerprint density at radius 1 is 1.05 bits per heavy atom. The van der Waals surface area contributed by atoms with Crippen molar-refractivity contribution in [2.45, 2.75) is 37.2 Å². The number of nitrogens with zero attached hydrogens (tertiary/aromatic N) is 3. The van der Waals surface area contributed by atoms with Gasteiger partial charge in [-0.15, -0.1) is 0 Å². The maximum Gasteiger partial charge on any atom is 0.421 e. The van der Waals surface area contributed by atoms with Gasteiger partial charge in [0.2, 0.25) is 10.0 Å². The molecule has 7 nitrogen and oxygen atoms in total. The lowest BCUT2D eigenvalue weighted by Crippen LogP contribution is -2.59. The summed E-state index contributed by atoms with van der Waals surface area (Å²) in [4.78, 5) is 4.61. The number of morpholine rings is 1. The molecule has 0 unspecified atom stereocenters. The van der Waals surface area contributed by atoms with Gasteiger partial charge in [-0.2, -0.15) is 17.5 Å². The minimum atomic E-state index is -4.85. The lowest BCUT2D eigenvalue weighted by molar-refractivity contribution is -0.258. The average molecular weight is 640 g/mol. The summed E-state index contributed by atoms with van der Waals surface area (Å²) in [6.07, 6.45) is 0.502. The predicted molar refractivity (Wildman–Crippen MR) is 160 cm³/mol. The Morgan fingerprint density at radius 3 is 2.40 bits per heavy atom. The first-order valence-corrected chi connectivity index (χ1v) is 15.8. The van der Waals surface area contributed by atoms with Crippen LogP contribution < -0.4 is 4.90 Å². The molecule has 2 heterocycles. The van der Waals surface area contributed by atoms with Crippen LogP contribution in [-0.4, -0.2) is 85.7 Å². The largest absolute Gasteiger partial charge is 0.421 e. The molecule has 1 N–H and O–H groups in total. The Hall–Kier alpha value is -2.68. The lowest BCUT2D eigenvalue weighted by atomic mass is 9.95. The first-order chi connectivity index (χ1) is 20.3. The third-order valence-electron chi connectivity index (χ3n) is 8.28. The first-order valence-electron chi connectivity index (χ1n) is 13.9. The summed E-state index contributed by atoms with van der Waals surface area (Å²) in [5.74, 6) is -0.357. The number of hydrogen-bond acceptors (Lipinski definition) is 7. The minimum absolute atomic E-state index is 0.103. The second-order valence-electron chi connectivity index (χ2n) is 11.1. The van der Waals surface area contributed by atoms with Crippen LogP contribution in [0.15, 0.2) is 71.7 Å². The highest BCUT2D eigenvalue weighted by Gasteiger charge is 2.51. The zero-order chi connectivity index (χ0) is 31.0. The highest BCUT2D eigenvalue weighted by molar-refractivity contribution is 7.96. The molecule has 2 saturated heterocycles. The van der Waals surface area contributed by atoms with Gasteiger partial charge in [-0.05, 0) is 48.4 Å². The van der Waals surface area contributed by atoms with Gasteiger partial charge in [0, 0.05) is 49.7 Å². The Bertz CT molecular complexity index is 1490. The van der Waals surface area contributed by atoms with E-state index in [4.69, 9.17) is 17.0 Å². The van der Waals surface area contributed by atoms with Gasteiger partial charge < -0.3 is 14.7 Å². The fourth-order valence-electron chi connectivity index (χ4n) is 5.69. The quantitative estimate of drug-likeness (QED) is 0.348. The Balaban J connectivity index is 1.46. The van der Waals surface area contributed by atoms with Crippen LogP contribution in [0.2, 0.25) is 0 Å². The van der Waals surface area contributed by atoms with E-state index < -0.39 is 27.8 Å². The van der Waals surface area contributed by atoms with Gasteiger partial charge in [-0.3, -0.25) is 4.90 Å². The summed E-state index contributed by atoms with van der Waals surface area (Å²) in [6.45, 7) is 3.03. The minimum Gasteiger partial charge on any atom is -0.378 e. The number of sulfonamides is 1. The number of alkyl halides is 3. The van der Waals surface area contributed by atoms with Gasteiger partial charge in [-0.25, -0.2) is 12.8 Å². The van der Waals surface area contributed by atoms with Crippen LogP contribution in [0.1, 0.15) is 30.5 Å². The second-order valence-corrected chi connectivity index (χ2v) is 13.4. The molecule has 0 spiro atoms. The summed E-state index contributed by atoms with van der Waals surface area (Å²) in [5, 5.41) is 10.1. The number of anilines is 1. The molecule has 1 aliphatic carbocycles. The Kier molecular flexibility index (Phi) is 9.13. The van der Waals surface area contributed by atoms with E-state index >= 15 is 0 Å². The molecular weight excluding hydrogens is 606 g/mol. The van der Waals surface area contributed by atoms with Crippen molar-refractivity contribution in [1.29, 1.82) is 0 Å². The van der Waals surface area contributed by atoms with Crippen molar-refractivity contribution in [2.24, 2.45) is 0 Å². The molecule has 2 aliphatic heterocycles. The van der Waals surface area contributed by atoms with Crippen LogP contribution in [0.25, 0.3) is 0 Å². The Labute approximate surface area is 254 Å². The van der Waals surface area contributed by atoms with Gasteiger partial charge in [-0.1, -0.05) is 48.6 Å². The van der Waals surface area contributed by atoms with E-state index in [1.54, 1.807) is 24.3 Å². The molecule has 3 aliphatic rings. The molecule has 0 amide bonds. The summed E-state index contributed by atoms with van der Waals surface area (Å²) in [6, 6.07) is 11.1. The van der Waals surface area contributed by atoms with Crippen molar-refractivity contribution in [1.82, 2.24) is 9.21 Å². The lowest BCUT2D eigenvalue weighted by Gasteiger charge is -2.46. The summed E-state index contributed by atoms with van der Waals surface area (Å²) in [7, 11) is -3.89. The zero-order valence-electron chi connectivity index (χ0n) is 23.5. The molecule has 43 heavy (non-hydrogen) atoms. The van der Waals surface area contributed by atoms with Crippen LogP contribution in [0.5, 0.6) is 0 Å². The number of thiocarbonyl (C=S) groups is 1. The van der Waals surface area contributed by atoms with E-state index in [-0.39, 0.29) is 42.0 Å². The van der Waals surface area contributed by atoms with Crippen LogP contribution in [0.4, 0.5) is 23.2 Å². The van der Waals surface area contributed by atoms with Crippen LogP contribution >= 0.6 is 12.2 Å². The molecule has 2 aromatic carbocycles. The van der Waals surface area contributed by atoms with Crippen molar-refractivity contribution >= 4 is 32.8 Å². The SMILES string of the molecule is C[C@@](O)(c1ccc(N2CCN(S(=O)(=O)C3=CC=CCC3=S)C[C@@H]2CN2CCOC[C@H]2c2ccc(F)cc2)cc1)C(F)(F)F. The van der Waals surface area contributed by atoms with Crippen LogP contribution in [0, 0.1) is 5.82 Å². The van der Waals surface area contributed by atoms with Crippen molar-refractivity contribution in [3.8, 4) is 0 Å². The molecule has 0 saturated carbocycles. The van der Waals surface area contributed by atoms with Gasteiger partial charge in [0.05, 0.1) is 30.2 Å². The topological polar surface area (TPSA) is 73.3 Å². The molecule has 0 bridgehead atoms. The third-order valence-corrected chi connectivity index (χ3v) is 10.7. The number of hydrogen-bond donors (Lipinski definition) is 1. The van der Waals surface area contributed by atoms with Crippen LogP contribution in [-0.2, 0) is 20.4 Å².